The van der Waals surface area contributed by atoms with Gasteiger partial charge in [0.05, 0.1) is 0 Å². The van der Waals surface area contributed by atoms with E-state index >= 15 is 0 Å². The SMILES string of the molecule is C=O.COCCCC(C)C. The Bertz CT molecular complexity index is 53.2. The van der Waals surface area contributed by atoms with Crippen LogP contribution in [0.2, 0.25) is 0 Å². The van der Waals surface area contributed by atoms with Crippen LogP contribution >= 0.6 is 0 Å². The third-order valence-electron chi connectivity index (χ3n) is 1.13. The second-order valence-corrected chi connectivity index (χ2v) is 2.53. The highest BCUT2D eigenvalue weighted by Gasteiger charge is 1.90. The van der Waals surface area contributed by atoms with Crippen LogP contribution in [-0.2, 0) is 9.53 Å². The average Bonchev–Trinajstić information content (AvgIpc) is 1.92. The van der Waals surface area contributed by atoms with E-state index in [1.807, 2.05) is 6.79 Å². The number of hydrogen-bond acceptors (Lipinski definition) is 2. The van der Waals surface area contributed by atoms with E-state index in [0.29, 0.717) is 0 Å². The zero-order valence-electron chi connectivity index (χ0n) is 7.22. The lowest BCUT2D eigenvalue weighted by Crippen LogP contribution is -1.92. The van der Waals surface area contributed by atoms with Crippen LogP contribution in [-0.4, -0.2) is 20.5 Å². The molecular formula is C8H18O2. The fourth-order valence-corrected chi connectivity index (χ4v) is 0.636. The summed E-state index contributed by atoms with van der Waals surface area (Å²) in [4.78, 5) is 8.00. The number of methoxy groups -OCH3 is 1. The molecular weight excluding hydrogens is 128 g/mol. The van der Waals surface area contributed by atoms with Crippen molar-refractivity contribution >= 4 is 6.79 Å². The minimum absolute atomic E-state index is 0.824. The standard InChI is InChI=1S/C7H16O.CH2O/c1-7(2)5-4-6-8-3;1-2/h7H,4-6H2,1-3H3;1H2. The second-order valence-electron chi connectivity index (χ2n) is 2.53. The Morgan fingerprint density at radius 3 is 2.20 bits per heavy atom. The molecule has 10 heavy (non-hydrogen) atoms. The van der Waals surface area contributed by atoms with Crippen LogP contribution in [0.3, 0.4) is 0 Å². The topological polar surface area (TPSA) is 26.3 Å². The molecule has 0 fully saturated rings. The Morgan fingerprint density at radius 1 is 1.40 bits per heavy atom. The summed E-state index contributed by atoms with van der Waals surface area (Å²) in [5.41, 5.74) is 0. The largest absolute Gasteiger partial charge is 0.385 e. The van der Waals surface area contributed by atoms with Crippen molar-refractivity contribution in [2.45, 2.75) is 26.7 Å². The molecule has 0 aliphatic rings. The van der Waals surface area contributed by atoms with E-state index in [0.717, 1.165) is 12.5 Å². The van der Waals surface area contributed by atoms with Crippen LogP contribution in [0.5, 0.6) is 0 Å². The van der Waals surface area contributed by atoms with Crippen LogP contribution in [0.15, 0.2) is 0 Å². The fourth-order valence-electron chi connectivity index (χ4n) is 0.636. The average molecular weight is 146 g/mol. The van der Waals surface area contributed by atoms with Crippen molar-refractivity contribution in [3.63, 3.8) is 0 Å². The Labute approximate surface area is 63.6 Å². The normalized spacial score (nSPS) is 8.80. The number of rotatable bonds is 4. The summed E-state index contributed by atoms with van der Waals surface area (Å²) in [6.07, 6.45) is 2.49. The van der Waals surface area contributed by atoms with E-state index in [1.165, 1.54) is 12.8 Å². The van der Waals surface area contributed by atoms with Crippen molar-refractivity contribution in [1.29, 1.82) is 0 Å². The highest BCUT2D eigenvalue weighted by Crippen LogP contribution is 2.02. The van der Waals surface area contributed by atoms with E-state index in [-0.39, 0.29) is 0 Å². The van der Waals surface area contributed by atoms with E-state index in [2.05, 4.69) is 13.8 Å². The minimum Gasteiger partial charge on any atom is -0.385 e. The van der Waals surface area contributed by atoms with Gasteiger partial charge < -0.3 is 9.53 Å². The first-order valence-electron chi connectivity index (χ1n) is 3.55. The lowest BCUT2D eigenvalue weighted by Gasteiger charge is -2.01. The van der Waals surface area contributed by atoms with Crippen molar-refractivity contribution < 1.29 is 9.53 Å². The van der Waals surface area contributed by atoms with Crippen LogP contribution in [0, 0.1) is 5.92 Å². The number of carbonyl (C=O) groups is 1. The van der Waals surface area contributed by atoms with Crippen LogP contribution in [0.4, 0.5) is 0 Å². The number of hydrogen-bond donors (Lipinski definition) is 0. The van der Waals surface area contributed by atoms with Crippen molar-refractivity contribution in [3.8, 4) is 0 Å². The predicted molar refractivity (Wildman–Crippen MR) is 43.1 cm³/mol. The fraction of sp³-hybridized carbons (Fsp3) is 0.875. The van der Waals surface area contributed by atoms with Crippen LogP contribution < -0.4 is 0 Å². The molecule has 0 saturated heterocycles. The molecule has 0 rings (SSSR count). The van der Waals surface area contributed by atoms with Gasteiger partial charge in [0.25, 0.3) is 0 Å². The Morgan fingerprint density at radius 2 is 1.90 bits per heavy atom. The van der Waals surface area contributed by atoms with E-state index in [4.69, 9.17) is 9.53 Å². The van der Waals surface area contributed by atoms with E-state index in [9.17, 15) is 0 Å². The number of carbonyl (C=O) groups excluding carboxylic acids is 1. The van der Waals surface area contributed by atoms with Gasteiger partial charge in [-0.15, -0.1) is 0 Å². The summed E-state index contributed by atoms with van der Waals surface area (Å²) in [7, 11) is 1.75. The van der Waals surface area contributed by atoms with Crippen molar-refractivity contribution in [2.24, 2.45) is 5.92 Å². The first-order chi connectivity index (χ1) is 4.77. The highest BCUT2D eigenvalue weighted by molar-refractivity contribution is 5.10. The van der Waals surface area contributed by atoms with Gasteiger partial charge in [0.1, 0.15) is 6.79 Å². The van der Waals surface area contributed by atoms with Gasteiger partial charge >= 0.3 is 0 Å². The molecule has 0 aliphatic carbocycles. The molecule has 0 bridgehead atoms. The Kier molecular flexibility index (Phi) is 14.1. The number of ether oxygens (including phenoxy) is 1. The lowest BCUT2D eigenvalue weighted by molar-refractivity contribution is -0.0979. The molecule has 0 aromatic heterocycles. The molecule has 0 atom stereocenters. The zero-order chi connectivity index (χ0) is 8.41. The summed E-state index contributed by atoms with van der Waals surface area (Å²) in [5.74, 6) is 0.824. The maximum absolute atomic E-state index is 8.00. The molecule has 0 aromatic carbocycles. The summed E-state index contributed by atoms with van der Waals surface area (Å²) >= 11 is 0. The van der Waals surface area contributed by atoms with Gasteiger partial charge in [0.2, 0.25) is 0 Å². The van der Waals surface area contributed by atoms with Crippen LogP contribution in [0.25, 0.3) is 0 Å². The van der Waals surface area contributed by atoms with Gasteiger partial charge in [-0.3, -0.25) is 0 Å². The first kappa shape index (κ1) is 12.3. The van der Waals surface area contributed by atoms with Crippen LogP contribution in [0.1, 0.15) is 26.7 Å². The van der Waals surface area contributed by atoms with E-state index in [1.54, 1.807) is 7.11 Å². The molecule has 62 valence electrons. The van der Waals surface area contributed by atoms with Gasteiger partial charge in [0, 0.05) is 13.7 Å². The summed E-state index contributed by atoms with van der Waals surface area (Å²) in [5, 5.41) is 0. The molecule has 0 spiro atoms. The molecule has 0 radical (unpaired) electrons. The van der Waals surface area contributed by atoms with Crippen molar-refractivity contribution in [1.82, 2.24) is 0 Å². The molecule has 0 N–H and O–H groups in total. The van der Waals surface area contributed by atoms with Gasteiger partial charge in [0.15, 0.2) is 0 Å². The van der Waals surface area contributed by atoms with Gasteiger partial charge in [-0.05, 0) is 18.8 Å². The predicted octanol–water partition coefficient (Wildman–Crippen LogP) is 1.88. The Balaban J connectivity index is 0. The highest BCUT2D eigenvalue weighted by atomic mass is 16.5. The lowest BCUT2D eigenvalue weighted by atomic mass is 10.1. The smallest absolute Gasteiger partial charge is 0.106 e. The first-order valence-corrected chi connectivity index (χ1v) is 3.55. The zero-order valence-corrected chi connectivity index (χ0v) is 7.22. The maximum atomic E-state index is 8.00. The Hall–Kier alpha value is -0.370. The molecule has 2 heteroatoms. The monoisotopic (exact) mass is 146 g/mol. The quantitative estimate of drug-likeness (QED) is 0.566. The molecule has 2 nitrogen and oxygen atoms in total. The molecule has 0 saturated carbocycles. The molecule has 0 aliphatic heterocycles. The summed E-state index contributed by atoms with van der Waals surface area (Å²) in [6.45, 7) is 7.38. The minimum atomic E-state index is 0.824. The second kappa shape index (κ2) is 11.4. The molecule has 0 unspecified atom stereocenters. The third-order valence-corrected chi connectivity index (χ3v) is 1.13. The van der Waals surface area contributed by atoms with Crippen molar-refractivity contribution in [2.75, 3.05) is 13.7 Å². The summed E-state index contributed by atoms with van der Waals surface area (Å²) < 4.78 is 4.89. The summed E-state index contributed by atoms with van der Waals surface area (Å²) in [6, 6.07) is 0. The van der Waals surface area contributed by atoms with E-state index < -0.39 is 0 Å². The maximum Gasteiger partial charge on any atom is 0.106 e. The molecule has 0 heterocycles. The van der Waals surface area contributed by atoms with Gasteiger partial charge in [-0.2, -0.15) is 0 Å². The molecule has 0 aromatic rings. The van der Waals surface area contributed by atoms with Crippen molar-refractivity contribution in [3.05, 3.63) is 0 Å². The molecule has 0 amide bonds. The third kappa shape index (κ3) is 15.6. The van der Waals surface area contributed by atoms with Gasteiger partial charge in [-0.1, -0.05) is 13.8 Å². The van der Waals surface area contributed by atoms with Gasteiger partial charge in [-0.25, -0.2) is 0 Å².